The zero-order valence-electron chi connectivity index (χ0n) is 8.35. The van der Waals surface area contributed by atoms with Crippen LogP contribution in [0.4, 0.5) is 0 Å². The first-order valence-electron chi connectivity index (χ1n) is 4.73. The molecule has 3 nitrogen and oxygen atoms in total. The number of nitrogens with two attached hydrogens (primary N) is 1. The third kappa shape index (κ3) is 2.14. The van der Waals surface area contributed by atoms with Crippen LogP contribution in [0.15, 0.2) is 28.3 Å². The van der Waals surface area contributed by atoms with Crippen LogP contribution >= 0.6 is 27.3 Å². The minimum atomic E-state index is -0.128. The SMILES string of the molecule is CCn1ccnc1C(N)c1cc(Br)cs1. The van der Waals surface area contributed by atoms with Crippen LogP contribution in [-0.2, 0) is 6.54 Å². The summed E-state index contributed by atoms with van der Waals surface area (Å²) in [5, 5.41) is 2.04. The summed E-state index contributed by atoms with van der Waals surface area (Å²) < 4.78 is 3.14. The lowest BCUT2D eigenvalue weighted by Crippen LogP contribution is -2.16. The first-order chi connectivity index (χ1) is 7.22. The molecule has 15 heavy (non-hydrogen) atoms. The number of rotatable bonds is 3. The molecule has 80 valence electrons. The summed E-state index contributed by atoms with van der Waals surface area (Å²) in [5.41, 5.74) is 6.16. The Hall–Kier alpha value is -0.650. The largest absolute Gasteiger partial charge is 0.334 e. The molecule has 0 aliphatic rings. The molecule has 0 amide bonds. The fraction of sp³-hybridized carbons (Fsp3) is 0.300. The molecule has 2 aromatic rings. The van der Waals surface area contributed by atoms with Gasteiger partial charge in [-0.15, -0.1) is 11.3 Å². The fourth-order valence-corrected chi connectivity index (χ4v) is 2.93. The van der Waals surface area contributed by atoms with E-state index < -0.39 is 0 Å². The summed E-state index contributed by atoms with van der Waals surface area (Å²) >= 11 is 5.08. The third-order valence-electron chi connectivity index (χ3n) is 2.26. The Bertz CT molecular complexity index is 449. The summed E-state index contributed by atoms with van der Waals surface area (Å²) in [6.07, 6.45) is 3.75. The van der Waals surface area contributed by atoms with Gasteiger partial charge in [0.1, 0.15) is 5.82 Å². The number of halogens is 1. The van der Waals surface area contributed by atoms with Gasteiger partial charge in [-0.25, -0.2) is 4.98 Å². The molecule has 1 atom stereocenters. The summed E-state index contributed by atoms with van der Waals surface area (Å²) in [6, 6.07) is 1.92. The second-order valence-electron chi connectivity index (χ2n) is 3.22. The van der Waals surface area contributed by atoms with Crippen LogP contribution < -0.4 is 5.73 Å². The lowest BCUT2D eigenvalue weighted by molar-refractivity contribution is 0.661. The molecule has 5 heteroatoms. The van der Waals surface area contributed by atoms with E-state index >= 15 is 0 Å². The van der Waals surface area contributed by atoms with Crippen LogP contribution in [-0.4, -0.2) is 9.55 Å². The lowest BCUT2D eigenvalue weighted by Gasteiger charge is -2.10. The van der Waals surface area contributed by atoms with Gasteiger partial charge in [-0.1, -0.05) is 0 Å². The van der Waals surface area contributed by atoms with Gasteiger partial charge in [-0.2, -0.15) is 0 Å². The molecule has 2 N–H and O–H groups in total. The van der Waals surface area contributed by atoms with Crippen LogP contribution in [0.1, 0.15) is 23.7 Å². The van der Waals surface area contributed by atoms with E-state index in [9.17, 15) is 0 Å². The quantitative estimate of drug-likeness (QED) is 0.943. The lowest BCUT2D eigenvalue weighted by atomic mass is 10.2. The molecule has 2 heterocycles. The highest BCUT2D eigenvalue weighted by Crippen LogP contribution is 2.27. The molecule has 0 bridgehead atoms. The molecule has 0 radical (unpaired) electrons. The van der Waals surface area contributed by atoms with Gasteiger partial charge in [0.25, 0.3) is 0 Å². The number of imidazole rings is 1. The molecular weight excluding hydrogens is 274 g/mol. The molecule has 2 aromatic heterocycles. The number of aryl methyl sites for hydroxylation is 1. The first-order valence-corrected chi connectivity index (χ1v) is 6.40. The van der Waals surface area contributed by atoms with Crippen molar-refractivity contribution in [3.05, 3.63) is 39.0 Å². The van der Waals surface area contributed by atoms with Crippen molar-refractivity contribution in [1.29, 1.82) is 0 Å². The number of nitrogens with zero attached hydrogens (tertiary/aromatic N) is 2. The van der Waals surface area contributed by atoms with Gasteiger partial charge in [-0.3, -0.25) is 0 Å². The molecule has 0 saturated carbocycles. The second kappa shape index (κ2) is 4.47. The molecule has 0 aliphatic heterocycles. The van der Waals surface area contributed by atoms with E-state index in [0.717, 1.165) is 21.7 Å². The van der Waals surface area contributed by atoms with Gasteiger partial charge < -0.3 is 10.3 Å². The maximum atomic E-state index is 6.16. The van der Waals surface area contributed by atoms with E-state index in [1.165, 1.54) is 0 Å². The van der Waals surface area contributed by atoms with Crippen molar-refractivity contribution >= 4 is 27.3 Å². The molecule has 0 aliphatic carbocycles. The van der Waals surface area contributed by atoms with Crippen LogP contribution in [0.2, 0.25) is 0 Å². The predicted molar refractivity (Wildman–Crippen MR) is 66.0 cm³/mol. The number of aromatic nitrogens is 2. The maximum absolute atomic E-state index is 6.16. The van der Waals surface area contributed by atoms with E-state index in [0.29, 0.717) is 0 Å². The average Bonchev–Trinajstić information content (AvgIpc) is 2.84. The highest BCUT2D eigenvalue weighted by atomic mass is 79.9. The first kappa shape index (κ1) is 10.9. The van der Waals surface area contributed by atoms with Gasteiger partial charge in [0.2, 0.25) is 0 Å². The minimum absolute atomic E-state index is 0.128. The molecule has 0 aromatic carbocycles. The molecular formula is C10H12BrN3S. The van der Waals surface area contributed by atoms with Gasteiger partial charge >= 0.3 is 0 Å². The van der Waals surface area contributed by atoms with E-state index in [2.05, 4.69) is 32.4 Å². The fourth-order valence-electron chi connectivity index (χ4n) is 1.49. The van der Waals surface area contributed by atoms with Crippen LogP contribution in [0, 0.1) is 0 Å². The van der Waals surface area contributed by atoms with Crippen molar-refractivity contribution in [3.8, 4) is 0 Å². The highest BCUT2D eigenvalue weighted by Gasteiger charge is 2.15. The Kier molecular flexibility index (Phi) is 3.23. The predicted octanol–water partition coefficient (Wildman–Crippen LogP) is 2.78. The Balaban J connectivity index is 2.31. The third-order valence-corrected chi connectivity index (χ3v) is 4.04. The van der Waals surface area contributed by atoms with Gasteiger partial charge in [0.15, 0.2) is 0 Å². The summed E-state index contributed by atoms with van der Waals surface area (Å²) in [6.45, 7) is 2.98. The van der Waals surface area contributed by atoms with E-state index in [-0.39, 0.29) is 6.04 Å². The van der Waals surface area contributed by atoms with Crippen molar-refractivity contribution < 1.29 is 0 Å². The maximum Gasteiger partial charge on any atom is 0.131 e. The van der Waals surface area contributed by atoms with Crippen LogP contribution in [0.5, 0.6) is 0 Å². The van der Waals surface area contributed by atoms with Gasteiger partial charge in [0.05, 0.1) is 6.04 Å². The molecule has 0 fully saturated rings. The van der Waals surface area contributed by atoms with Crippen LogP contribution in [0.25, 0.3) is 0 Å². The van der Waals surface area contributed by atoms with Crippen molar-refractivity contribution in [1.82, 2.24) is 9.55 Å². The van der Waals surface area contributed by atoms with Gasteiger partial charge in [0, 0.05) is 33.7 Å². The summed E-state index contributed by atoms with van der Waals surface area (Å²) in [7, 11) is 0. The standard InChI is InChI=1S/C10H12BrN3S/c1-2-14-4-3-13-10(14)9(12)8-5-7(11)6-15-8/h3-6,9H,2,12H2,1H3. The van der Waals surface area contributed by atoms with Crippen molar-refractivity contribution in [3.63, 3.8) is 0 Å². The topological polar surface area (TPSA) is 43.8 Å². The monoisotopic (exact) mass is 285 g/mol. The second-order valence-corrected chi connectivity index (χ2v) is 5.07. The number of hydrogen-bond donors (Lipinski definition) is 1. The molecule has 0 spiro atoms. The summed E-state index contributed by atoms with van der Waals surface area (Å²) in [4.78, 5) is 5.43. The molecule has 2 rings (SSSR count). The van der Waals surface area contributed by atoms with Gasteiger partial charge in [-0.05, 0) is 28.9 Å². The van der Waals surface area contributed by atoms with Crippen molar-refractivity contribution in [2.24, 2.45) is 5.73 Å². The molecule has 0 saturated heterocycles. The smallest absolute Gasteiger partial charge is 0.131 e. The van der Waals surface area contributed by atoms with Crippen LogP contribution in [0.3, 0.4) is 0 Å². The Morgan fingerprint density at radius 3 is 3.07 bits per heavy atom. The zero-order valence-corrected chi connectivity index (χ0v) is 10.8. The van der Waals surface area contributed by atoms with E-state index in [4.69, 9.17) is 5.73 Å². The zero-order chi connectivity index (χ0) is 10.8. The summed E-state index contributed by atoms with van der Waals surface area (Å²) in [5.74, 6) is 0.923. The Labute approximate surface area is 101 Å². The van der Waals surface area contributed by atoms with E-state index in [1.54, 1.807) is 17.5 Å². The Morgan fingerprint density at radius 1 is 1.67 bits per heavy atom. The van der Waals surface area contributed by atoms with Crippen molar-refractivity contribution in [2.45, 2.75) is 19.5 Å². The average molecular weight is 286 g/mol. The number of thiophene rings is 1. The number of hydrogen-bond acceptors (Lipinski definition) is 3. The van der Waals surface area contributed by atoms with E-state index in [1.807, 2.05) is 17.6 Å². The minimum Gasteiger partial charge on any atom is -0.334 e. The Morgan fingerprint density at radius 2 is 2.47 bits per heavy atom. The highest BCUT2D eigenvalue weighted by molar-refractivity contribution is 9.10. The van der Waals surface area contributed by atoms with Crippen molar-refractivity contribution in [2.75, 3.05) is 0 Å². The normalized spacial score (nSPS) is 13.0. The molecule has 1 unspecified atom stereocenters.